The summed E-state index contributed by atoms with van der Waals surface area (Å²) >= 11 is 0. The number of carbonyl (C=O) groups excluding carboxylic acids is 3. The maximum absolute atomic E-state index is 12.8. The number of nitrogens with two attached hydrogens (primary N) is 1. The molecule has 3 aliphatic rings. The molecule has 1 saturated carbocycles. The van der Waals surface area contributed by atoms with E-state index in [0.29, 0.717) is 24.6 Å². The summed E-state index contributed by atoms with van der Waals surface area (Å²) in [4.78, 5) is 37.9. The van der Waals surface area contributed by atoms with Crippen LogP contribution in [0.25, 0.3) is 0 Å². The summed E-state index contributed by atoms with van der Waals surface area (Å²) in [6, 6.07) is 5.94. The molecule has 2 aliphatic heterocycles. The van der Waals surface area contributed by atoms with Crippen LogP contribution >= 0.6 is 0 Å². The van der Waals surface area contributed by atoms with E-state index in [1.54, 1.807) is 4.90 Å². The normalized spacial score (nSPS) is 27.4. The molecule has 0 radical (unpaired) electrons. The zero-order valence-corrected chi connectivity index (χ0v) is 15.4. The van der Waals surface area contributed by atoms with Gasteiger partial charge in [-0.05, 0) is 55.3 Å². The smallest absolute Gasteiger partial charge is 0.255 e. The van der Waals surface area contributed by atoms with Crippen molar-refractivity contribution in [2.45, 2.75) is 57.3 Å². The Labute approximate surface area is 158 Å². The Hall–Kier alpha value is -2.25. The van der Waals surface area contributed by atoms with Crippen LogP contribution in [0.15, 0.2) is 18.2 Å². The first-order chi connectivity index (χ1) is 13.0. The molecule has 1 aliphatic carbocycles. The highest BCUT2D eigenvalue weighted by molar-refractivity contribution is 6.05. The average Bonchev–Trinajstić information content (AvgIpc) is 2.93. The zero-order valence-electron chi connectivity index (χ0n) is 15.4. The molecule has 1 aromatic rings. The van der Waals surface area contributed by atoms with E-state index in [-0.39, 0.29) is 24.1 Å². The maximum Gasteiger partial charge on any atom is 0.255 e. The number of piperidine rings is 1. The number of fused-ring (bicyclic) bond motifs is 1. The van der Waals surface area contributed by atoms with Gasteiger partial charge in [-0.15, -0.1) is 0 Å². The van der Waals surface area contributed by atoms with Crippen molar-refractivity contribution in [2.24, 2.45) is 11.7 Å². The van der Waals surface area contributed by atoms with Crippen molar-refractivity contribution in [2.75, 3.05) is 6.54 Å². The van der Waals surface area contributed by atoms with E-state index in [0.717, 1.165) is 36.6 Å². The molecule has 2 fully saturated rings. The molecule has 0 spiro atoms. The lowest BCUT2D eigenvalue weighted by atomic mass is 9.78. The predicted octanol–water partition coefficient (Wildman–Crippen LogP) is 0.665. The largest absolute Gasteiger partial charge is 0.330 e. The van der Waals surface area contributed by atoms with Crippen LogP contribution in [0.4, 0.5) is 0 Å². The SMILES string of the molecule is NCCC1CC(NCc2ccc3c(c2)C(=O)N(C2CCC(=O)NC2=O)C3)C1. The molecule has 1 unspecified atom stereocenters. The van der Waals surface area contributed by atoms with Gasteiger partial charge in [0.25, 0.3) is 5.91 Å². The summed E-state index contributed by atoms with van der Waals surface area (Å²) in [5.74, 6) is -0.00559. The number of hydrogen-bond donors (Lipinski definition) is 3. The summed E-state index contributed by atoms with van der Waals surface area (Å²) in [5.41, 5.74) is 8.29. The molecule has 3 amide bonds. The monoisotopic (exact) mass is 370 g/mol. The molecule has 4 rings (SSSR count). The second-order valence-corrected chi connectivity index (χ2v) is 7.88. The second kappa shape index (κ2) is 7.40. The highest BCUT2D eigenvalue weighted by Crippen LogP contribution is 2.31. The third-order valence-electron chi connectivity index (χ3n) is 6.00. The minimum atomic E-state index is -0.557. The summed E-state index contributed by atoms with van der Waals surface area (Å²) in [5, 5.41) is 5.88. The lowest BCUT2D eigenvalue weighted by Gasteiger charge is -2.36. The summed E-state index contributed by atoms with van der Waals surface area (Å²) < 4.78 is 0. The number of benzene rings is 1. The maximum atomic E-state index is 12.8. The molecule has 1 aromatic carbocycles. The number of nitrogens with zero attached hydrogens (tertiary/aromatic N) is 1. The lowest BCUT2D eigenvalue weighted by molar-refractivity contribution is -0.136. The van der Waals surface area contributed by atoms with Gasteiger partial charge in [-0.2, -0.15) is 0 Å². The number of amides is 3. The fraction of sp³-hybridized carbons (Fsp3) is 0.550. The Bertz CT molecular complexity index is 772. The van der Waals surface area contributed by atoms with E-state index in [9.17, 15) is 14.4 Å². The zero-order chi connectivity index (χ0) is 19.0. The van der Waals surface area contributed by atoms with Crippen LogP contribution in [0.1, 0.15) is 53.6 Å². The minimum Gasteiger partial charge on any atom is -0.330 e. The van der Waals surface area contributed by atoms with Crippen LogP contribution in [0.2, 0.25) is 0 Å². The van der Waals surface area contributed by atoms with Crippen LogP contribution in [0.5, 0.6) is 0 Å². The standard InChI is InChI=1S/C20H26N4O3/c21-6-5-12-7-15(8-12)22-10-13-1-2-14-11-24(20(27)16(14)9-13)17-3-4-18(25)23-19(17)26/h1-2,9,12,15,17,22H,3-8,10-11,21H2,(H,23,25,26). The van der Waals surface area contributed by atoms with Crippen LogP contribution < -0.4 is 16.4 Å². The molecular formula is C20H26N4O3. The number of imide groups is 1. The molecule has 27 heavy (non-hydrogen) atoms. The molecule has 7 heteroatoms. The number of nitrogens with one attached hydrogen (secondary N) is 2. The highest BCUT2D eigenvalue weighted by atomic mass is 16.2. The van der Waals surface area contributed by atoms with E-state index in [1.807, 2.05) is 18.2 Å². The Morgan fingerprint density at radius 3 is 2.78 bits per heavy atom. The van der Waals surface area contributed by atoms with E-state index in [2.05, 4.69) is 10.6 Å². The Morgan fingerprint density at radius 1 is 1.22 bits per heavy atom. The van der Waals surface area contributed by atoms with Gasteiger partial charge in [0, 0.05) is 31.1 Å². The molecule has 7 nitrogen and oxygen atoms in total. The Kier molecular flexibility index (Phi) is 4.97. The summed E-state index contributed by atoms with van der Waals surface area (Å²) in [6.45, 7) is 1.92. The Morgan fingerprint density at radius 2 is 2.04 bits per heavy atom. The number of rotatable bonds is 6. The Balaban J connectivity index is 1.37. The van der Waals surface area contributed by atoms with E-state index in [1.165, 1.54) is 12.8 Å². The fourth-order valence-electron chi connectivity index (χ4n) is 4.35. The molecule has 2 heterocycles. The van der Waals surface area contributed by atoms with Gasteiger partial charge in [-0.1, -0.05) is 12.1 Å². The first-order valence-electron chi connectivity index (χ1n) is 9.75. The lowest BCUT2D eigenvalue weighted by Crippen LogP contribution is -2.52. The second-order valence-electron chi connectivity index (χ2n) is 7.88. The van der Waals surface area contributed by atoms with E-state index < -0.39 is 6.04 Å². The average molecular weight is 370 g/mol. The van der Waals surface area contributed by atoms with Gasteiger partial charge in [-0.25, -0.2) is 0 Å². The van der Waals surface area contributed by atoms with Gasteiger partial charge >= 0.3 is 0 Å². The number of hydrogen-bond acceptors (Lipinski definition) is 5. The summed E-state index contributed by atoms with van der Waals surface area (Å²) in [7, 11) is 0. The van der Waals surface area contributed by atoms with Gasteiger partial charge < -0.3 is 16.0 Å². The van der Waals surface area contributed by atoms with Crippen LogP contribution in [0.3, 0.4) is 0 Å². The summed E-state index contributed by atoms with van der Waals surface area (Å²) in [6.07, 6.45) is 4.11. The molecule has 0 aromatic heterocycles. The topological polar surface area (TPSA) is 105 Å². The van der Waals surface area contributed by atoms with E-state index >= 15 is 0 Å². The van der Waals surface area contributed by atoms with Crippen molar-refractivity contribution in [1.29, 1.82) is 0 Å². The predicted molar refractivity (Wildman–Crippen MR) is 99.5 cm³/mol. The molecule has 0 bridgehead atoms. The quantitative estimate of drug-likeness (QED) is 0.638. The van der Waals surface area contributed by atoms with E-state index in [4.69, 9.17) is 5.73 Å². The van der Waals surface area contributed by atoms with Crippen LogP contribution in [-0.2, 0) is 22.7 Å². The fourth-order valence-corrected chi connectivity index (χ4v) is 4.35. The molecule has 1 atom stereocenters. The third kappa shape index (κ3) is 3.61. The minimum absolute atomic E-state index is 0.118. The van der Waals surface area contributed by atoms with Gasteiger partial charge in [-0.3, -0.25) is 19.7 Å². The van der Waals surface area contributed by atoms with Crippen LogP contribution in [0, 0.1) is 5.92 Å². The van der Waals surface area contributed by atoms with Crippen LogP contribution in [-0.4, -0.2) is 41.2 Å². The van der Waals surface area contributed by atoms with Crippen molar-refractivity contribution < 1.29 is 14.4 Å². The van der Waals surface area contributed by atoms with Crippen molar-refractivity contribution in [3.05, 3.63) is 34.9 Å². The van der Waals surface area contributed by atoms with Gasteiger partial charge in [0.05, 0.1) is 0 Å². The third-order valence-corrected chi connectivity index (χ3v) is 6.00. The molecule has 1 saturated heterocycles. The van der Waals surface area contributed by atoms with Crippen molar-refractivity contribution in [3.8, 4) is 0 Å². The molecular weight excluding hydrogens is 344 g/mol. The van der Waals surface area contributed by atoms with Gasteiger partial charge in [0.2, 0.25) is 11.8 Å². The van der Waals surface area contributed by atoms with Gasteiger partial charge in [0.1, 0.15) is 6.04 Å². The van der Waals surface area contributed by atoms with Crippen molar-refractivity contribution in [3.63, 3.8) is 0 Å². The highest BCUT2D eigenvalue weighted by Gasteiger charge is 2.39. The molecule has 144 valence electrons. The number of carbonyl (C=O) groups is 3. The van der Waals surface area contributed by atoms with Gasteiger partial charge in [0.15, 0.2) is 0 Å². The molecule has 4 N–H and O–H groups in total. The van der Waals surface area contributed by atoms with Crippen molar-refractivity contribution in [1.82, 2.24) is 15.5 Å². The first-order valence-corrected chi connectivity index (χ1v) is 9.75. The van der Waals surface area contributed by atoms with Crippen molar-refractivity contribution >= 4 is 17.7 Å². The first kappa shape index (κ1) is 18.1.